The highest BCUT2D eigenvalue weighted by Gasteiger charge is 2.34. The number of rotatable bonds is 1. The second kappa shape index (κ2) is 7.27. The Morgan fingerprint density at radius 3 is 2.36 bits per heavy atom. The third-order valence-corrected chi connectivity index (χ3v) is 4.58. The summed E-state index contributed by atoms with van der Waals surface area (Å²) < 4.78 is 32.8. The van der Waals surface area contributed by atoms with Gasteiger partial charge in [-0.2, -0.15) is 0 Å². The number of carbonyl (C=O) groups is 2. The average Bonchev–Trinajstić information content (AvgIpc) is 2.49. The molecule has 1 fully saturated rings. The average molecular weight is 419 g/mol. The lowest BCUT2D eigenvalue weighted by Crippen LogP contribution is -2.56. The summed E-state index contributed by atoms with van der Waals surface area (Å²) in [4.78, 5) is 27.8. The van der Waals surface area contributed by atoms with Crippen molar-refractivity contribution in [1.82, 2.24) is 9.80 Å². The van der Waals surface area contributed by atoms with Crippen LogP contribution in [0.2, 0.25) is 0 Å². The van der Waals surface area contributed by atoms with Crippen LogP contribution in [-0.4, -0.2) is 53.1 Å². The summed E-state index contributed by atoms with van der Waals surface area (Å²) in [5, 5.41) is 0. The maximum absolute atomic E-state index is 14.0. The monoisotopic (exact) mass is 418 g/mol. The van der Waals surface area contributed by atoms with E-state index in [0.717, 1.165) is 12.1 Å². The molecule has 25 heavy (non-hydrogen) atoms. The van der Waals surface area contributed by atoms with Gasteiger partial charge in [0.25, 0.3) is 5.91 Å². The number of halogens is 3. The largest absolute Gasteiger partial charge is 0.444 e. The number of ether oxygens (including phenoxy) is 1. The molecular formula is C17H21BrF2N2O3. The van der Waals surface area contributed by atoms with E-state index in [0.29, 0.717) is 0 Å². The minimum absolute atomic E-state index is 0.195. The lowest BCUT2D eigenvalue weighted by atomic mass is 10.1. The van der Waals surface area contributed by atoms with Gasteiger partial charge in [-0.3, -0.25) is 4.79 Å². The van der Waals surface area contributed by atoms with E-state index in [4.69, 9.17) is 4.74 Å². The standard InChI is InChI=1S/C17H21BrF2N2O3/c1-10-9-21(7-8-22(10)16(24)25-17(2,3)4)15(23)13-11(19)5-6-12(20)14(13)18/h5-6,10H,7-9H2,1-4H3/t10-/m1/s1. The van der Waals surface area contributed by atoms with Crippen LogP contribution in [0.3, 0.4) is 0 Å². The van der Waals surface area contributed by atoms with Gasteiger partial charge in [0.1, 0.15) is 17.2 Å². The van der Waals surface area contributed by atoms with Crippen LogP contribution in [-0.2, 0) is 4.74 Å². The molecule has 1 heterocycles. The topological polar surface area (TPSA) is 49.9 Å². The predicted octanol–water partition coefficient (Wildman–Crippen LogP) is 3.81. The lowest BCUT2D eigenvalue weighted by Gasteiger charge is -2.40. The Morgan fingerprint density at radius 2 is 1.80 bits per heavy atom. The van der Waals surface area contributed by atoms with Crippen molar-refractivity contribution >= 4 is 27.9 Å². The van der Waals surface area contributed by atoms with Gasteiger partial charge >= 0.3 is 6.09 Å². The van der Waals surface area contributed by atoms with Crippen LogP contribution in [0.25, 0.3) is 0 Å². The number of hydrogen-bond donors (Lipinski definition) is 0. The molecule has 0 saturated carbocycles. The fraction of sp³-hybridized carbons (Fsp3) is 0.529. The third kappa shape index (κ3) is 4.48. The van der Waals surface area contributed by atoms with E-state index in [9.17, 15) is 18.4 Å². The summed E-state index contributed by atoms with van der Waals surface area (Å²) in [6, 6.07) is 1.58. The summed E-state index contributed by atoms with van der Waals surface area (Å²) in [6.45, 7) is 7.79. The van der Waals surface area contributed by atoms with Gasteiger partial charge in [-0.25, -0.2) is 13.6 Å². The highest BCUT2D eigenvalue weighted by Crippen LogP contribution is 2.26. The Bertz CT molecular complexity index is 691. The van der Waals surface area contributed by atoms with Gasteiger partial charge in [-0.05, 0) is 55.8 Å². The maximum atomic E-state index is 14.0. The zero-order valence-electron chi connectivity index (χ0n) is 14.6. The quantitative estimate of drug-likeness (QED) is 0.651. The molecule has 2 rings (SSSR count). The van der Waals surface area contributed by atoms with Gasteiger partial charge in [0.05, 0.1) is 10.0 Å². The van der Waals surface area contributed by atoms with Crippen LogP contribution in [0, 0.1) is 11.6 Å². The SMILES string of the molecule is C[C@@H]1CN(C(=O)c2c(F)ccc(F)c2Br)CCN1C(=O)OC(C)(C)C. The molecular weight excluding hydrogens is 398 g/mol. The Kier molecular flexibility index (Phi) is 5.71. The molecule has 0 aliphatic carbocycles. The Labute approximate surface area is 154 Å². The summed E-state index contributed by atoms with van der Waals surface area (Å²) in [5.41, 5.74) is -0.947. The first-order chi connectivity index (χ1) is 11.5. The number of amides is 2. The maximum Gasteiger partial charge on any atom is 0.410 e. The van der Waals surface area contributed by atoms with Gasteiger partial charge < -0.3 is 14.5 Å². The summed E-state index contributed by atoms with van der Waals surface area (Å²) in [5.74, 6) is -2.11. The van der Waals surface area contributed by atoms with Crippen LogP contribution in [0.4, 0.5) is 13.6 Å². The fourth-order valence-corrected chi connectivity index (χ4v) is 3.11. The van der Waals surface area contributed by atoms with Crippen molar-refractivity contribution < 1.29 is 23.1 Å². The van der Waals surface area contributed by atoms with E-state index >= 15 is 0 Å². The van der Waals surface area contributed by atoms with Gasteiger partial charge in [-0.15, -0.1) is 0 Å². The molecule has 0 bridgehead atoms. The van der Waals surface area contributed by atoms with E-state index in [1.54, 1.807) is 27.7 Å². The normalized spacial score (nSPS) is 18.3. The highest BCUT2D eigenvalue weighted by molar-refractivity contribution is 9.10. The molecule has 0 spiro atoms. The molecule has 1 saturated heterocycles. The smallest absolute Gasteiger partial charge is 0.410 e. The molecule has 0 N–H and O–H groups in total. The van der Waals surface area contributed by atoms with Crippen molar-refractivity contribution in [1.29, 1.82) is 0 Å². The molecule has 0 unspecified atom stereocenters. The van der Waals surface area contributed by atoms with Crippen LogP contribution >= 0.6 is 15.9 Å². The fourth-order valence-electron chi connectivity index (χ4n) is 2.62. The molecule has 0 radical (unpaired) electrons. The molecule has 1 aromatic rings. The zero-order chi connectivity index (χ0) is 18.9. The number of hydrogen-bond acceptors (Lipinski definition) is 3. The number of piperazine rings is 1. The second-order valence-electron chi connectivity index (χ2n) is 6.99. The summed E-state index contributed by atoms with van der Waals surface area (Å²) in [7, 11) is 0. The minimum Gasteiger partial charge on any atom is -0.444 e. The van der Waals surface area contributed by atoms with Gasteiger partial charge in [0, 0.05) is 25.7 Å². The molecule has 1 atom stereocenters. The van der Waals surface area contributed by atoms with Crippen molar-refractivity contribution in [3.8, 4) is 0 Å². The summed E-state index contributed by atoms with van der Waals surface area (Å²) >= 11 is 2.93. The van der Waals surface area contributed by atoms with E-state index in [2.05, 4.69) is 15.9 Å². The molecule has 1 aliphatic heterocycles. The van der Waals surface area contributed by atoms with E-state index < -0.39 is 29.2 Å². The zero-order valence-corrected chi connectivity index (χ0v) is 16.2. The molecule has 1 aromatic carbocycles. The molecule has 2 amide bonds. The van der Waals surface area contributed by atoms with Gasteiger partial charge in [0.15, 0.2) is 0 Å². The Hall–Kier alpha value is -1.70. The van der Waals surface area contributed by atoms with Crippen LogP contribution in [0.5, 0.6) is 0 Å². The van der Waals surface area contributed by atoms with Crippen LogP contribution < -0.4 is 0 Å². The molecule has 5 nitrogen and oxygen atoms in total. The molecule has 8 heteroatoms. The van der Waals surface area contributed by atoms with Crippen LogP contribution in [0.15, 0.2) is 16.6 Å². The van der Waals surface area contributed by atoms with Crippen molar-refractivity contribution in [2.24, 2.45) is 0 Å². The van der Waals surface area contributed by atoms with Crippen molar-refractivity contribution in [2.75, 3.05) is 19.6 Å². The Morgan fingerprint density at radius 1 is 1.20 bits per heavy atom. The highest BCUT2D eigenvalue weighted by atomic mass is 79.9. The minimum atomic E-state index is -0.791. The van der Waals surface area contributed by atoms with Crippen LogP contribution in [0.1, 0.15) is 38.1 Å². The number of carbonyl (C=O) groups excluding carboxylic acids is 2. The number of nitrogens with zero attached hydrogens (tertiary/aromatic N) is 2. The van der Waals surface area contributed by atoms with Crippen molar-refractivity contribution in [2.45, 2.75) is 39.3 Å². The number of benzene rings is 1. The molecule has 138 valence electrons. The third-order valence-electron chi connectivity index (χ3n) is 3.80. The molecule has 1 aliphatic rings. The Balaban J connectivity index is 2.12. The lowest BCUT2D eigenvalue weighted by molar-refractivity contribution is 0.00188. The van der Waals surface area contributed by atoms with Crippen molar-refractivity contribution in [3.05, 3.63) is 33.8 Å². The second-order valence-corrected chi connectivity index (χ2v) is 7.79. The first-order valence-electron chi connectivity index (χ1n) is 7.93. The van der Waals surface area contributed by atoms with Gasteiger partial charge in [0.2, 0.25) is 0 Å². The van der Waals surface area contributed by atoms with E-state index in [1.165, 1.54) is 9.80 Å². The van der Waals surface area contributed by atoms with E-state index in [1.807, 2.05) is 0 Å². The first kappa shape index (κ1) is 19.6. The van der Waals surface area contributed by atoms with Crippen molar-refractivity contribution in [3.63, 3.8) is 0 Å². The first-order valence-corrected chi connectivity index (χ1v) is 8.73. The van der Waals surface area contributed by atoms with Gasteiger partial charge in [-0.1, -0.05) is 0 Å². The summed E-state index contributed by atoms with van der Waals surface area (Å²) in [6.07, 6.45) is -0.454. The predicted molar refractivity (Wildman–Crippen MR) is 92.4 cm³/mol. The van der Waals surface area contributed by atoms with E-state index in [-0.39, 0.29) is 35.7 Å². The molecule has 0 aromatic heterocycles.